The number of amides is 1. The highest BCUT2D eigenvalue weighted by atomic mass is 16.5. The fourth-order valence-corrected chi connectivity index (χ4v) is 3.01. The summed E-state index contributed by atoms with van der Waals surface area (Å²) in [6.07, 6.45) is 3.17. The molecule has 5 nitrogen and oxygen atoms in total. The molecule has 0 atom stereocenters. The Morgan fingerprint density at radius 3 is 2.33 bits per heavy atom. The number of nitrogens with one attached hydrogen (secondary N) is 1. The maximum absolute atomic E-state index is 12.8. The van der Waals surface area contributed by atoms with Crippen LogP contribution in [-0.4, -0.2) is 10.9 Å². The van der Waals surface area contributed by atoms with Crippen molar-refractivity contribution in [1.82, 2.24) is 4.98 Å². The van der Waals surface area contributed by atoms with Crippen molar-refractivity contribution in [3.05, 3.63) is 84.1 Å². The predicted octanol–water partition coefficient (Wildman–Crippen LogP) is 4.42. The van der Waals surface area contributed by atoms with Gasteiger partial charge >= 0.3 is 0 Å². The number of para-hydroxylation sites is 1. The lowest BCUT2D eigenvalue weighted by Crippen LogP contribution is -2.28. The molecule has 1 aliphatic carbocycles. The van der Waals surface area contributed by atoms with Gasteiger partial charge in [-0.15, -0.1) is 0 Å². The zero-order valence-electron chi connectivity index (χ0n) is 14.6. The lowest BCUT2D eigenvalue weighted by Gasteiger charge is -2.15. The van der Waals surface area contributed by atoms with E-state index >= 15 is 0 Å². The van der Waals surface area contributed by atoms with Gasteiger partial charge in [-0.25, -0.2) is 4.98 Å². The van der Waals surface area contributed by atoms with Crippen molar-refractivity contribution in [2.24, 2.45) is 0 Å². The Balaban J connectivity index is 1.44. The van der Waals surface area contributed by atoms with Gasteiger partial charge in [-0.05, 0) is 54.8 Å². The van der Waals surface area contributed by atoms with Crippen molar-refractivity contribution in [3.8, 4) is 17.6 Å². The minimum Gasteiger partial charge on any atom is -0.456 e. The number of ether oxygens (including phenoxy) is 1. The number of anilines is 1. The van der Waals surface area contributed by atoms with Gasteiger partial charge in [0, 0.05) is 0 Å². The molecule has 0 saturated heterocycles. The fraction of sp³-hybridized carbons (Fsp3) is 0.136. The quantitative estimate of drug-likeness (QED) is 0.735. The van der Waals surface area contributed by atoms with E-state index in [9.17, 15) is 4.79 Å². The third-order valence-corrected chi connectivity index (χ3v) is 4.71. The Labute approximate surface area is 157 Å². The number of pyridine rings is 1. The molecule has 0 spiro atoms. The standard InChI is InChI=1S/C22H17N3O2/c23-14-16-6-8-17(9-7-16)22(12-13-22)21(26)25-20-11-10-19(15-24-20)27-18-4-2-1-3-5-18/h1-11,15H,12-13H2,(H,24,25,26). The van der Waals surface area contributed by atoms with Crippen LogP contribution in [0.5, 0.6) is 11.5 Å². The summed E-state index contributed by atoms with van der Waals surface area (Å²) in [5.41, 5.74) is 1.00. The number of aromatic nitrogens is 1. The number of rotatable bonds is 5. The number of hydrogen-bond acceptors (Lipinski definition) is 4. The van der Waals surface area contributed by atoms with Crippen molar-refractivity contribution < 1.29 is 9.53 Å². The topological polar surface area (TPSA) is 75.0 Å². The number of carbonyl (C=O) groups is 1. The summed E-state index contributed by atoms with van der Waals surface area (Å²) in [5, 5.41) is 11.8. The Morgan fingerprint density at radius 2 is 1.74 bits per heavy atom. The van der Waals surface area contributed by atoms with Crippen LogP contribution in [0.15, 0.2) is 72.9 Å². The van der Waals surface area contributed by atoms with Gasteiger partial charge in [0.1, 0.15) is 17.3 Å². The first-order chi connectivity index (χ1) is 13.2. The largest absolute Gasteiger partial charge is 0.456 e. The second-order valence-electron chi connectivity index (χ2n) is 6.52. The molecule has 1 fully saturated rings. The molecule has 27 heavy (non-hydrogen) atoms. The smallest absolute Gasteiger partial charge is 0.236 e. The SMILES string of the molecule is N#Cc1ccc(C2(C(=O)Nc3ccc(Oc4ccccc4)cn3)CC2)cc1. The Morgan fingerprint density at radius 1 is 1.00 bits per heavy atom. The Hall–Kier alpha value is -3.65. The van der Waals surface area contributed by atoms with E-state index in [1.165, 1.54) is 0 Å². The molecule has 0 bridgehead atoms. The molecule has 1 heterocycles. The molecule has 0 radical (unpaired) electrons. The van der Waals surface area contributed by atoms with Gasteiger partial charge in [-0.3, -0.25) is 4.79 Å². The number of benzene rings is 2. The highest BCUT2D eigenvalue weighted by Gasteiger charge is 2.51. The first-order valence-electron chi connectivity index (χ1n) is 8.71. The van der Waals surface area contributed by atoms with Crippen molar-refractivity contribution in [2.45, 2.75) is 18.3 Å². The molecular formula is C22H17N3O2. The van der Waals surface area contributed by atoms with Gasteiger partial charge in [0.15, 0.2) is 0 Å². The van der Waals surface area contributed by atoms with Gasteiger partial charge in [-0.2, -0.15) is 5.26 Å². The molecule has 1 amide bonds. The highest BCUT2D eigenvalue weighted by Crippen LogP contribution is 2.49. The van der Waals surface area contributed by atoms with Gasteiger partial charge in [0.05, 0.1) is 23.2 Å². The Bertz CT molecular complexity index is 986. The summed E-state index contributed by atoms with van der Waals surface area (Å²) in [6, 6.07) is 22.3. The molecule has 5 heteroatoms. The summed E-state index contributed by atoms with van der Waals surface area (Å²) in [5.74, 6) is 1.75. The van der Waals surface area contributed by atoms with Crippen molar-refractivity contribution >= 4 is 11.7 Å². The normalized spacial score (nSPS) is 14.0. The average Bonchev–Trinajstić information content (AvgIpc) is 3.52. The van der Waals surface area contributed by atoms with E-state index in [1.54, 1.807) is 30.5 Å². The van der Waals surface area contributed by atoms with Crippen molar-refractivity contribution in [3.63, 3.8) is 0 Å². The van der Waals surface area contributed by atoms with E-state index < -0.39 is 5.41 Å². The molecule has 1 aromatic heterocycles. The van der Waals surface area contributed by atoms with Crippen LogP contribution < -0.4 is 10.1 Å². The zero-order chi connectivity index (χ0) is 18.7. The summed E-state index contributed by atoms with van der Waals surface area (Å²) in [6.45, 7) is 0. The van der Waals surface area contributed by atoms with E-state index in [4.69, 9.17) is 10.00 Å². The van der Waals surface area contributed by atoms with Gasteiger partial charge in [0.2, 0.25) is 5.91 Å². The van der Waals surface area contributed by atoms with Crippen LogP contribution in [0.2, 0.25) is 0 Å². The second-order valence-corrected chi connectivity index (χ2v) is 6.52. The molecule has 0 aliphatic heterocycles. The number of nitriles is 1. The summed E-state index contributed by atoms with van der Waals surface area (Å²) < 4.78 is 5.71. The molecular weight excluding hydrogens is 338 g/mol. The van der Waals surface area contributed by atoms with Crippen LogP contribution in [-0.2, 0) is 10.2 Å². The molecule has 1 N–H and O–H groups in total. The first kappa shape index (κ1) is 16.8. The van der Waals surface area contributed by atoms with Crippen LogP contribution in [0.1, 0.15) is 24.0 Å². The van der Waals surface area contributed by atoms with Crippen LogP contribution in [0, 0.1) is 11.3 Å². The summed E-state index contributed by atoms with van der Waals surface area (Å²) in [4.78, 5) is 17.1. The lowest BCUT2D eigenvalue weighted by atomic mass is 9.94. The average molecular weight is 355 g/mol. The van der Waals surface area contributed by atoms with Crippen LogP contribution in [0.3, 0.4) is 0 Å². The van der Waals surface area contributed by atoms with E-state index in [-0.39, 0.29) is 5.91 Å². The summed E-state index contributed by atoms with van der Waals surface area (Å²) >= 11 is 0. The van der Waals surface area contributed by atoms with Crippen LogP contribution in [0.25, 0.3) is 0 Å². The fourth-order valence-electron chi connectivity index (χ4n) is 3.01. The minimum absolute atomic E-state index is 0.0727. The molecule has 3 aromatic rings. The zero-order valence-corrected chi connectivity index (χ0v) is 14.6. The van der Waals surface area contributed by atoms with Crippen LogP contribution in [0.4, 0.5) is 5.82 Å². The Kier molecular flexibility index (Phi) is 4.31. The predicted molar refractivity (Wildman–Crippen MR) is 101 cm³/mol. The molecule has 2 aromatic carbocycles. The molecule has 132 valence electrons. The third-order valence-electron chi connectivity index (χ3n) is 4.71. The molecule has 1 aliphatic rings. The van der Waals surface area contributed by atoms with E-state index in [0.29, 0.717) is 17.1 Å². The minimum atomic E-state index is -0.519. The number of nitrogens with zero attached hydrogens (tertiary/aromatic N) is 2. The van der Waals surface area contributed by atoms with E-state index in [1.807, 2.05) is 42.5 Å². The lowest BCUT2D eigenvalue weighted by molar-refractivity contribution is -0.118. The van der Waals surface area contributed by atoms with Gasteiger partial charge in [0.25, 0.3) is 0 Å². The maximum atomic E-state index is 12.8. The molecule has 1 saturated carbocycles. The van der Waals surface area contributed by atoms with Crippen LogP contribution >= 0.6 is 0 Å². The number of carbonyl (C=O) groups excluding carboxylic acids is 1. The highest BCUT2D eigenvalue weighted by molar-refractivity contribution is 6.00. The third kappa shape index (κ3) is 3.51. The second kappa shape index (κ2) is 6.93. The van der Waals surface area contributed by atoms with Crippen molar-refractivity contribution in [1.29, 1.82) is 5.26 Å². The summed E-state index contributed by atoms with van der Waals surface area (Å²) in [7, 11) is 0. The van der Waals surface area contributed by atoms with E-state index in [2.05, 4.69) is 16.4 Å². The molecule has 0 unspecified atom stereocenters. The van der Waals surface area contributed by atoms with Gasteiger partial charge in [-0.1, -0.05) is 30.3 Å². The van der Waals surface area contributed by atoms with Gasteiger partial charge < -0.3 is 10.1 Å². The van der Waals surface area contributed by atoms with E-state index in [0.717, 1.165) is 24.2 Å². The molecule has 4 rings (SSSR count). The maximum Gasteiger partial charge on any atom is 0.236 e. The number of hydrogen-bond donors (Lipinski definition) is 1. The first-order valence-corrected chi connectivity index (χ1v) is 8.71. The monoisotopic (exact) mass is 355 g/mol. The van der Waals surface area contributed by atoms with Crippen molar-refractivity contribution in [2.75, 3.05) is 5.32 Å².